The zero-order valence-corrected chi connectivity index (χ0v) is 21.7. The number of ether oxygens (including phenoxy) is 2. The Morgan fingerprint density at radius 1 is 1.19 bits per heavy atom. The Kier molecular flexibility index (Phi) is 9.05. The topological polar surface area (TPSA) is 109 Å². The van der Waals surface area contributed by atoms with Crippen molar-refractivity contribution in [1.82, 2.24) is 15.3 Å². The van der Waals surface area contributed by atoms with Crippen molar-refractivity contribution < 1.29 is 32.8 Å². The van der Waals surface area contributed by atoms with Crippen LogP contribution in [-0.4, -0.2) is 66.3 Å². The number of hydrogen-bond donors (Lipinski definition) is 1. The van der Waals surface area contributed by atoms with Gasteiger partial charge in [0.1, 0.15) is 11.7 Å². The Hall–Kier alpha value is -2.60. The predicted molar refractivity (Wildman–Crippen MR) is 132 cm³/mol. The van der Waals surface area contributed by atoms with Crippen LogP contribution in [-0.2, 0) is 18.8 Å². The number of methoxy groups -OCH3 is 1. The van der Waals surface area contributed by atoms with Gasteiger partial charge in [0, 0.05) is 24.5 Å². The van der Waals surface area contributed by atoms with Crippen molar-refractivity contribution in [3.8, 4) is 5.75 Å². The molecule has 3 rings (SSSR count). The SMILES string of the molecule is COCC(NC(=O)c1cnccn1)C(=O)C(CCOc1ccc(Cl)cc1F)B1OC(C)(C)C(C)(C)O1. The summed E-state index contributed by atoms with van der Waals surface area (Å²) in [5.74, 6) is -2.43. The van der Waals surface area contributed by atoms with E-state index < -0.39 is 41.9 Å². The number of nitrogens with one attached hydrogen (secondary N) is 1. The average molecular weight is 522 g/mol. The summed E-state index contributed by atoms with van der Waals surface area (Å²) in [6.07, 6.45) is 4.23. The van der Waals surface area contributed by atoms with Crippen LogP contribution in [0.3, 0.4) is 0 Å². The van der Waals surface area contributed by atoms with Gasteiger partial charge in [0.2, 0.25) is 0 Å². The van der Waals surface area contributed by atoms with Gasteiger partial charge in [-0.15, -0.1) is 0 Å². The molecule has 36 heavy (non-hydrogen) atoms. The molecular formula is C24H30BClFN3O6. The first kappa shape index (κ1) is 28.0. The van der Waals surface area contributed by atoms with Crippen LogP contribution < -0.4 is 10.1 Å². The number of halogens is 2. The first-order valence-electron chi connectivity index (χ1n) is 11.5. The third kappa shape index (κ3) is 6.58. The highest BCUT2D eigenvalue weighted by Crippen LogP contribution is 2.41. The molecule has 2 atom stereocenters. The van der Waals surface area contributed by atoms with Crippen molar-refractivity contribution in [2.24, 2.45) is 0 Å². The fraction of sp³-hybridized carbons (Fsp3) is 0.500. The Morgan fingerprint density at radius 2 is 1.89 bits per heavy atom. The molecule has 12 heteroatoms. The molecule has 2 aromatic rings. The third-order valence-corrected chi connectivity index (χ3v) is 6.56. The highest BCUT2D eigenvalue weighted by Gasteiger charge is 2.55. The van der Waals surface area contributed by atoms with Gasteiger partial charge in [-0.25, -0.2) is 9.37 Å². The first-order valence-corrected chi connectivity index (χ1v) is 11.9. The molecule has 1 amide bonds. The maximum absolute atomic E-state index is 14.2. The van der Waals surface area contributed by atoms with Crippen LogP contribution in [0, 0.1) is 5.82 Å². The number of Topliss-reactive ketones (excluding diaryl/α,β-unsaturated/α-hetero) is 1. The van der Waals surface area contributed by atoms with E-state index in [-0.39, 0.29) is 41.9 Å². The van der Waals surface area contributed by atoms with Gasteiger partial charge >= 0.3 is 7.12 Å². The lowest BCUT2D eigenvalue weighted by molar-refractivity contribution is -0.122. The van der Waals surface area contributed by atoms with Gasteiger partial charge in [-0.1, -0.05) is 11.6 Å². The lowest BCUT2D eigenvalue weighted by Crippen LogP contribution is -2.48. The number of carbonyl (C=O) groups is 2. The largest absolute Gasteiger partial charge is 0.491 e. The minimum Gasteiger partial charge on any atom is -0.491 e. The summed E-state index contributed by atoms with van der Waals surface area (Å²) in [7, 11) is 0.499. The molecule has 0 saturated carbocycles. The zero-order valence-electron chi connectivity index (χ0n) is 20.9. The van der Waals surface area contributed by atoms with Crippen molar-refractivity contribution >= 4 is 30.4 Å². The number of aromatic nitrogens is 2. The lowest BCUT2D eigenvalue weighted by atomic mass is 9.66. The molecule has 0 radical (unpaired) electrons. The molecule has 0 spiro atoms. The summed E-state index contributed by atoms with van der Waals surface area (Å²) < 4.78 is 37.3. The molecule has 1 N–H and O–H groups in total. The molecule has 1 aromatic heterocycles. The molecule has 1 fully saturated rings. The summed E-state index contributed by atoms with van der Waals surface area (Å²) in [5, 5.41) is 2.90. The summed E-state index contributed by atoms with van der Waals surface area (Å²) >= 11 is 5.80. The number of carbonyl (C=O) groups excluding carboxylic acids is 2. The Morgan fingerprint density at radius 3 is 2.47 bits per heavy atom. The van der Waals surface area contributed by atoms with Crippen LogP contribution >= 0.6 is 11.6 Å². The number of nitrogens with zero attached hydrogens (tertiary/aromatic N) is 2. The summed E-state index contributed by atoms with van der Waals surface area (Å²) in [4.78, 5) is 34.3. The van der Waals surface area contributed by atoms with Gasteiger partial charge in [0.05, 0.1) is 36.4 Å². The van der Waals surface area contributed by atoms with E-state index in [4.69, 9.17) is 30.4 Å². The van der Waals surface area contributed by atoms with Crippen LogP contribution in [0.1, 0.15) is 44.6 Å². The highest BCUT2D eigenvalue weighted by molar-refractivity contribution is 6.53. The Bertz CT molecular complexity index is 1060. The Labute approximate surface area is 215 Å². The van der Waals surface area contributed by atoms with Crippen LogP contribution in [0.5, 0.6) is 5.75 Å². The second-order valence-electron chi connectivity index (χ2n) is 9.42. The molecular weight excluding hydrogens is 492 g/mol. The standard InChI is InChI=1S/C24H30BClFN3O6/c1-23(2)24(3,4)36-25(35-23)16(8-11-34-20-7-6-15(26)12-17(20)27)21(31)19(14-33-5)30-22(32)18-13-28-9-10-29-18/h6-7,9-10,12-13,16,19H,8,11,14H2,1-5H3,(H,30,32). The van der Waals surface area contributed by atoms with Crippen LogP contribution in [0.4, 0.5) is 4.39 Å². The monoisotopic (exact) mass is 521 g/mol. The molecule has 0 bridgehead atoms. The number of amides is 1. The van der Waals surface area contributed by atoms with E-state index in [2.05, 4.69) is 15.3 Å². The van der Waals surface area contributed by atoms with E-state index in [0.29, 0.717) is 0 Å². The van der Waals surface area contributed by atoms with Crippen molar-refractivity contribution in [1.29, 1.82) is 0 Å². The molecule has 2 heterocycles. The average Bonchev–Trinajstić information content (AvgIpc) is 3.04. The quantitative estimate of drug-likeness (QED) is 0.448. The van der Waals surface area contributed by atoms with Gasteiger partial charge in [-0.3, -0.25) is 14.6 Å². The fourth-order valence-corrected chi connectivity index (χ4v) is 3.78. The highest BCUT2D eigenvalue weighted by atomic mass is 35.5. The maximum Gasteiger partial charge on any atom is 0.469 e. The normalized spacial score (nSPS) is 17.9. The lowest BCUT2D eigenvalue weighted by Gasteiger charge is -2.32. The zero-order chi connectivity index (χ0) is 26.5. The summed E-state index contributed by atoms with van der Waals surface area (Å²) in [5.41, 5.74) is -1.34. The van der Waals surface area contributed by atoms with Gasteiger partial charge in [0.15, 0.2) is 17.3 Å². The molecule has 9 nitrogen and oxygen atoms in total. The van der Waals surface area contributed by atoms with E-state index >= 15 is 0 Å². The van der Waals surface area contributed by atoms with Crippen LogP contribution in [0.15, 0.2) is 36.8 Å². The van der Waals surface area contributed by atoms with Crippen molar-refractivity contribution in [3.63, 3.8) is 0 Å². The van der Waals surface area contributed by atoms with Gasteiger partial charge in [-0.05, 0) is 52.3 Å². The third-order valence-electron chi connectivity index (χ3n) is 6.32. The molecule has 1 aromatic carbocycles. The summed E-state index contributed by atoms with van der Waals surface area (Å²) in [6.45, 7) is 7.38. The number of benzene rings is 1. The van der Waals surface area contributed by atoms with E-state index in [1.54, 1.807) is 0 Å². The van der Waals surface area contributed by atoms with Crippen molar-refractivity contribution in [2.75, 3.05) is 20.3 Å². The maximum atomic E-state index is 14.2. The summed E-state index contributed by atoms with van der Waals surface area (Å²) in [6, 6.07) is 3.04. The van der Waals surface area contributed by atoms with E-state index in [1.807, 2.05) is 27.7 Å². The first-order chi connectivity index (χ1) is 16.9. The number of ketones is 1. The Balaban J connectivity index is 1.80. The van der Waals surface area contributed by atoms with Crippen LogP contribution in [0.25, 0.3) is 0 Å². The van der Waals surface area contributed by atoms with E-state index in [0.717, 1.165) is 6.07 Å². The van der Waals surface area contributed by atoms with Crippen molar-refractivity contribution in [3.05, 3.63) is 53.3 Å². The molecule has 194 valence electrons. The van der Waals surface area contributed by atoms with E-state index in [9.17, 15) is 14.0 Å². The second kappa shape index (κ2) is 11.6. The second-order valence-corrected chi connectivity index (χ2v) is 9.85. The molecule has 1 saturated heterocycles. The molecule has 0 aliphatic carbocycles. The minimum absolute atomic E-state index is 0.00362. The number of rotatable bonds is 11. The van der Waals surface area contributed by atoms with Crippen LogP contribution in [0.2, 0.25) is 10.8 Å². The smallest absolute Gasteiger partial charge is 0.469 e. The minimum atomic E-state index is -1.03. The molecule has 1 aliphatic heterocycles. The molecule has 1 aliphatic rings. The number of hydrogen-bond acceptors (Lipinski definition) is 8. The van der Waals surface area contributed by atoms with Gasteiger partial charge < -0.3 is 24.1 Å². The predicted octanol–water partition coefficient (Wildman–Crippen LogP) is 3.51. The van der Waals surface area contributed by atoms with Crippen molar-refractivity contribution in [2.45, 2.75) is 57.2 Å². The van der Waals surface area contributed by atoms with Gasteiger partial charge in [0.25, 0.3) is 5.91 Å². The van der Waals surface area contributed by atoms with E-state index in [1.165, 1.54) is 37.8 Å². The molecule has 2 unspecified atom stereocenters. The fourth-order valence-electron chi connectivity index (χ4n) is 3.62. The van der Waals surface area contributed by atoms with Gasteiger partial charge in [-0.2, -0.15) is 0 Å².